The number of rotatable bonds is 6. The van der Waals surface area contributed by atoms with E-state index in [1.54, 1.807) is 7.11 Å². The molecule has 6 nitrogen and oxygen atoms in total. The van der Waals surface area contributed by atoms with E-state index in [0.717, 1.165) is 38.2 Å². The van der Waals surface area contributed by atoms with Crippen molar-refractivity contribution in [2.75, 3.05) is 45.3 Å². The first kappa shape index (κ1) is 22.6. The Morgan fingerprint density at radius 1 is 1.10 bits per heavy atom. The van der Waals surface area contributed by atoms with Crippen LogP contribution in [0.25, 0.3) is 0 Å². The van der Waals surface area contributed by atoms with E-state index in [2.05, 4.69) is 36.2 Å². The van der Waals surface area contributed by atoms with E-state index in [0.29, 0.717) is 25.4 Å². The highest BCUT2D eigenvalue weighted by atomic mass is 16.5. The second kappa shape index (κ2) is 9.88. The number of urea groups is 1. The van der Waals surface area contributed by atoms with Crippen LogP contribution in [0.4, 0.5) is 10.5 Å². The molecule has 4 rings (SSSR count). The summed E-state index contributed by atoms with van der Waals surface area (Å²) in [5, 5.41) is 3.09. The average molecular weight is 430 g/mol. The topological polar surface area (TPSA) is 54.0 Å². The second-order valence-electron chi connectivity index (χ2n) is 9.62. The lowest BCUT2D eigenvalue weighted by Crippen LogP contribution is -2.75. The summed E-state index contributed by atoms with van der Waals surface area (Å²) in [6.45, 7) is 8.20. The van der Waals surface area contributed by atoms with Crippen molar-refractivity contribution in [3.8, 4) is 0 Å². The number of hydrogen-bond donors (Lipinski definition) is 1. The molecule has 1 aromatic rings. The Hall–Kier alpha value is -1.63. The van der Waals surface area contributed by atoms with Crippen LogP contribution in [0.15, 0.2) is 18.2 Å². The van der Waals surface area contributed by atoms with Crippen LogP contribution in [0.5, 0.6) is 0 Å². The van der Waals surface area contributed by atoms with E-state index < -0.39 is 0 Å². The minimum absolute atomic E-state index is 0.0264. The third kappa shape index (κ3) is 4.76. The van der Waals surface area contributed by atoms with Crippen LogP contribution in [-0.2, 0) is 9.47 Å². The number of nitrogens with zero attached hydrogens (tertiary/aromatic N) is 2. The van der Waals surface area contributed by atoms with Crippen molar-refractivity contribution in [3.05, 3.63) is 29.3 Å². The van der Waals surface area contributed by atoms with Crippen LogP contribution >= 0.6 is 0 Å². The summed E-state index contributed by atoms with van der Waals surface area (Å²) in [5.74, 6) is 0. The first-order valence-corrected chi connectivity index (χ1v) is 12.0. The zero-order valence-corrected chi connectivity index (χ0v) is 19.5. The molecule has 172 valence electrons. The zero-order chi connectivity index (χ0) is 21.8. The third-order valence-electron chi connectivity index (χ3n) is 7.81. The molecule has 1 unspecified atom stereocenters. The Balaban J connectivity index is 1.31. The van der Waals surface area contributed by atoms with Crippen molar-refractivity contribution in [1.29, 1.82) is 0 Å². The molecule has 1 aromatic carbocycles. The van der Waals surface area contributed by atoms with Gasteiger partial charge >= 0.3 is 6.03 Å². The van der Waals surface area contributed by atoms with Crippen molar-refractivity contribution >= 4 is 11.7 Å². The van der Waals surface area contributed by atoms with Crippen LogP contribution in [0.3, 0.4) is 0 Å². The van der Waals surface area contributed by atoms with Gasteiger partial charge in [0.15, 0.2) is 0 Å². The predicted molar refractivity (Wildman–Crippen MR) is 124 cm³/mol. The molecule has 1 aliphatic carbocycles. The molecule has 6 heteroatoms. The molecule has 2 amide bonds. The summed E-state index contributed by atoms with van der Waals surface area (Å²) >= 11 is 0. The molecule has 3 aliphatic rings. The molecule has 2 saturated heterocycles. The van der Waals surface area contributed by atoms with E-state index in [-0.39, 0.29) is 11.6 Å². The van der Waals surface area contributed by atoms with Gasteiger partial charge in [-0.2, -0.15) is 0 Å². The molecule has 2 aliphatic heterocycles. The summed E-state index contributed by atoms with van der Waals surface area (Å²) in [6.07, 6.45) is 8.89. The average Bonchev–Trinajstić information content (AvgIpc) is 2.79. The van der Waals surface area contributed by atoms with Crippen LogP contribution < -0.4 is 5.32 Å². The molecular weight excluding hydrogens is 390 g/mol. The van der Waals surface area contributed by atoms with Crippen molar-refractivity contribution < 1.29 is 14.3 Å². The number of piperidine rings is 1. The summed E-state index contributed by atoms with van der Waals surface area (Å²) < 4.78 is 11.4. The Labute approximate surface area is 187 Å². The molecule has 1 spiro atoms. The largest absolute Gasteiger partial charge is 0.382 e. The number of carbonyl (C=O) groups is 1. The van der Waals surface area contributed by atoms with Gasteiger partial charge in [0.25, 0.3) is 0 Å². The molecular formula is C25H39N3O3. The maximum Gasteiger partial charge on any atom is 0.321 e. The van der Waals surface area contributed by atoms with Crippen LogP contribution in [-0.4, -0.2) is 73.5 Å². The second-order valence-corrected chi connectivity index (χ2v) is 9.62. The van der Waals surface area contributed by atoms with Crippen molar-refractivity contribution in [2.24, 2.45) is 0 Å². The van der Waals surface area contributed by atoms with Crippen LogP contribution in [0.2, 0.25) is 0 Å². The van der Waals surface area contributed by atoms with Gasteiger partial charge in [-0.05, 0) is 62.8 Å². The van der Waals surface area contributed by atoms with Crippen molar-refractivity contribution in [2.45, 2.75) is 76.5 Å². The summed E-state index contributed by atoms with van der Waals surface area (Å²) in [7, 11) is 1.73. The van der Waals surface area contributed by atoms with Gasteiger partial charge in [0.1, 0.15) is 0 Å². The number of ether oxygens (including phenoxy) is 2. The Morgan fingerprint density at radius 2 is 1.84 bits per heavy atom. The number of benzene rings is 1. The van der Waals surface area contributed by atoms with Gasteiger partial charge in [0.05, 0.1) is 19.3 Å². The zero-order valence-electron chi connectivity index (χ0n) is 19.5. The quantitative estimate of drug-likeness (QED) is 0.683. The number of anilines is 1. The first-order valence-electron chi connectivity index (χ1n) is 12.0. The number of nitrogens with one attached hydrogen (secondary N) is 1. The number of likely N-dealkylation sites (tertiary alicyclic amines) is 2. The van der Waals surface area contributed by atoms with Gasteiger partial charge in [0, 0.05) is 44.0 Å². The summed E-state index contributed by atoms with van der Waals surface area (Å²) in [6, 6.07) is 6.69. The first-order chi connectivity index (χ1) is 15.0. The maximum absolute atomic E-state index is 12.8. The molecule has 2 heterocycles. The number of aryl methyl sites for hydroxylation is 2. The highest BCUT2D eigenvalue weighted by Crippen LogP contribution is 2.47. The number of methoxy groups -OCH3 is 1. The Bertz CT molecular complexity index is 754. The van der Waals surface area contributed by atoms with Gasteiger partial charge in [-0.15, -0.1) is 0 Å². The van der Waals surface area contributed by atoms with E-state index in [9.17, 15) is 4.79 Å². The molecule has 0 bridgehead atoms. The Morgan fingerprint density at radius 3 is 2.52 bits per heavy atom. The van der Waals surface area contributed by atoms with Crippen molar-refractivity contribution in [1.82, 2.24) is 9.80 Å². The molecule has 0 aromatic heterocycles. The van der Waals surface area contributed by atoms with E-state index in [4.69, 9.17) is 9.47 Å². The monoisotopic (exact) mass is 429 g/mol. The fraction of sp³-hybridized carbons (Fsp3) is 0.720. The van der Waals surface area contributed by atoms with E-state index >= 15 is 0 Å². The SMILES string of the molecule is COCCOC1CN(C2CCN(C(=O)Nc3ccc(C)c(C)c3)CC2)C12CCCCC2. The van der Waals surface area contributed by atoms with Gasteiger partial charge in [-0.1, -0.05) is 25.3 Å². The standard InChI is InChI=1S/C25H39N3O3/c1-19-7-8-21(17-20(19)2)26-24(29)27-13-9-22(10-14-27)28-18-23(31-16-15-30-3)25(28)11-5-4-6-12-25/h7-8,17,22-23H,4-6,9-16,18H2,1-3H3,(H,26,29). The van der Waals surface area contributed by atoms with E-state index in [1.165, 1.54) is 43.2 Å². The lowest BCUT2D eigenvalue weighted by atomic mass is 9.69. The Kier molecular flexibility index (Phi) is 7.19. The molecule has 1 N–H and O–H groups in total. The number of carbonyl (C=O) groups excluding carboxylic acids is 1. The third-order valence-corrected chi connectivity index (χ3v) is 7.81. The molecule has 1 saturated carbocycles. The molecule has 1 atom stereocenters. The fourth-order valence-electron chi connectivity index (χ4n) is 5.77. The minimum atomic E-state index is 0.0264. The molecule has 3 fully saturated rings. The van der Waals surface area contributed by atoms with Crippen LogP contribution in [0.1, 0.15) is 56.1 Å². The highest BCUT2D eigenvalue weighted by Gasteiger charge is 2.56. The van der Waals surface area contributed by atoms with Gasteiger partial charge in [-0.3, -0.25) is 4.90 Å². The van der Waals surface area contributed by atoms with Crippen LogP contribution in [0, 0.1) is 13.8 Å². The van der Waals surface area contributed by atoms with Gasteiger partial charge in [-0.25, -0.2) is 4.79 Å². The normalized spacial score (nSPS) is 24.2. The lowest BCUT2D eigenvalue weighted by molar-refractivity contribution is -0.203. The van der Waals surface area contributed by atoms with Crippen molar-refractivity contribution in [3.63, 3.8) is 0 Å². The minimum Gasteiger partial charge on any atom is -0.382 e. The lowest BCUT2D eigenvalue weighted by Gasteiger charge is -2.63. The van der Waals surface area contributed by atoms with Gasteiger partial charge < -0.3 is 19.7 Å². The smallest absolute Gasteiger partial charge is 0.321 e. The number of amides is 2. The predicted octanol–water partition coefficient (Wildman–Crippen LogP) is 4.35. The molecule has 0 radical (unpaired) electrons. The number of hydrogen-bond acceptors (Lipinski definition) is 4. The van der Waals surface area contributed by atoms with E-state index in [1.807, 2.05) is 11.0 Å². The fourth-order valence-corrected chi connectivity index (χ4v) is 5.77. The maximum atomic E-state index is 12.8. The highest BCUT2D eigenvalue weighted by molar-refractivity contribution is 5.89. The van der Waals surface area contributed by atoms with Gasteiger partial charge in [0.2, 0.25) is 0 Å². The summed E-state index contributed by atoms with van der Waals surface area (Å²) in [5.41, 5.74) is 3.56. The molecule has 31 heavy (non-hydrogen) atoms. The summed E-state index contributed by atoms with van der Waals surface area (Å²) in [4.78, 5) is 17.5.